The lowest BCUT2D eigenvalue weighted by atomic mass is 10.2. The van der Waals surface area contributed by atoms with Gasteiger partial charge in [0.1, 0.15) is 0 Å². The third-order valence-electron chi connectivity index (χ3n) is 1.82. The van der Waals surface area contributed by atoms with Gasteiger partial charge in [-0.2, -0.15) is 0 Å². The van der Waals surface area contributed by atoms with Crippen molar-refractivity contribution in [1.29, 1.82) is 0 Å². The number of carbonyl (C=O) groups is 1. The highest BCUT2D eigenvalue weighted by molar-refractivity contribution is 5.88. The number of allylic oxidation sites excluding steroid dienone is 1. The summed E-state index contributed by atoms with van der Waals surface area (Å²) in [5, 5.41) is 0. The maximum atomic E-state index is 11.3. The minimum absolute atomic E-state index is 0.141. The Morgan fingerprint density at radius 3 is 2.46 bits per heavy atom. The molecule has 0 rings (SSSR count). The van der Waals surface area contributed by atoms with Crippen molar-refractivity contribution in [3.05, 3.63) is 11.6 Å². The van der Waals surface area contributed by atoms with Crippen molar-refractivity contribution >= 4 is 5.97 Å². The largest absolute Gasteiger partial charge is 0.462 e. The second kappa shape index (κ2) is 7.84. The zero-order chi connectivity index (χ0) is 10.1. The summed E-state index contributed by atoms with van der Waals surface area (Å²) in [6.45, 7) is 6.63. The summed E-state index contributed by atoms with van der Waals surface area (Å²) in [4.78, 5) is 11.3. The first-order chi connectivity index (χ1) is 6.26. The smallest absolute Gasteiger partial charge is 0.333 e. The molecule has 0 bridgehead atoms. The van der Waals surface area contributed by atoms with Crippen LogP contribution in [0.2, 0.25) is 0 Å². The van der Waals surface area contributed by atoms with Crippen molar-refractivity contribution in [3.8, 4) is 0 Å². The first-order valence-electron chi connectivity index (χ1n) is 5.12. The lowest BCUT2D eigenvalue weighted by Crippen LogP contribution is -2.08. The highest BCUT2D eigenvalue weighted by Gasteiger charge is 2.06. The molecule has 0 aromatic rings. The Hall–Kier alpha value is -0.790. The van der Waals surface area contributed by atoms with Crippen LogP contribution in [0.4, 0.5) is 0 Å². The van der Waals surface area contributed by atoms with Gasteiger partial charge < -0.3 is 4.74 Å². The van der Waals surface area contributed by atoms with Crippen LogP contribution in [0.25, 0.3) is 0 Å². The molecule has 0 atom stereocenters. The molecule has 0 aliphatic rings. The molecule has 0 amide bonds. The van der Waals surface area contributed by atoms with Gasteiger partial charge in [0.25, 0.3) is 0 Å². The first kappa shape index (κ1) is 12.2. The Bertz CT molecular complexity index is 171. The van der Waals surface area contributed by atoms with Crippen LogP contribution in [-0.4, -0.2) is 12.6 Å². The van der Waals surface area contributed by atoms with Gasteiger partial charge in [0.2, 0.25) is 0 Å². The molecule has 2 heteroatoms. The Morgan fingerprint density at radius 2 is 2.00 bits per heavy atom. The Morgan fingerprint density at radius 1 is 1.31 bits per heavy atom. The van der Waals surface area contributed by atoms with Crippen LogP contribution in [-0.2, 0) is 9.53 Å². The molecule has 2 nitrogen and oxygen atoms in total. The van der Waals surface area contributed by atoms with E-state index in [1.807, 2.05) is 19.9 Å². The van der Waals surface area contributed by atoms with Crippen LogP contribution in [0, 0.1) is 0 Å². The third-order valence-corrected chi connectivity index (χ3v) is 1.82. The summed E-state index contributed by atoms with van der Waals surface area (Å²) >= 11 is 0. The number of esters is 1. The average Bonchev–Trinajstić information content (AvgIpc) is 2.14. The zero-order valence-corrected chi connectivity index (χ0v) is 8.93. The molecular weight excluding hydrogens is 164 g/mol. The molecule has 0 unspecified atom stereocenters. The van der Waals surface area contributed by atoms with Gasteiger partial charge in [-0.1, -0.05) is 33.3 Å². The Balaban J connectivity index is 3.85. The van der Waals surface area contributed by atoms with E-state index in [2.05, 4.69) is 6.92 Å². The van der Waals surface area contributed by atoms with Gasteiger partial charge in [-0.25, -0.2) is 4.79 Å². The quantitative estimate of drug-likeness (QED) is 0.360. The molecule has 0 radical (unpaired) electrons. The van der Waals surface area contributed by atoms with E-state index in [9.17, 15) is 4.79 Å². The number of unbranched alkanes of at least 4 members (excludes halogenated alkanes) is 1. The fourth-order valence-corrected chi connectivity index (χ4v) is 1.02. The lowest BCUT2D eigenvalue weighted by Gasteiger charge is -2.05. The van der Waals surface area contributed by atoms with E-state index < -0.39 is 0 Å². The van der Waals surface area contributed by atoms with Gasteiger partial charge in [-0.15, -0.1) is 0 Å². The number of hydrogen-bond donors (Lipinski definition) is 0. The molecule has 0 aromatic carbocycles. The van der Waals surface area contributed by atoms with Crippen molar-refractivity contribution < 1.29 is 9.53 Å². The SMILES string of the molecule is CCC=C(CC)C(=O)OCCCC. The molecule has 0 aliphatic carbocycles. The molecule has 0 heterocycles. The summed E-state index contributed by atoms with van der Waals surface area (Å²) < 4.78 is 5.08. The van der Waals surface area contributed by atoms with Crippen LogP contribution in [0.15, 0.2) is 11.6 Å². The summed E-state index contributed by atoms with van der Waals surface area (Å²) in [5.41, 5.74) is 0.804. The number of hydrogen-bond acceptors (Lipinski definition) is 2. The second-order valence-electron chi connectivity index (χ2n) is 2.98. The standard InChI is InChI=1S/C11H20O2/c1-4-7-9-13-11(12)10(6-3)8-5-2/h8H,4-7,9H2,1-3H3. The van der Waals surface area contributed by atoms with Crippen molar-refractivity contribution in [2.24, 2.45) is 0 Å². The van der Waals surface area contributed by atoms with E-state index in [4.69, 9.17) is 4.74 Å². The highest BCUT2D eigenvalue weighted by atomic mass is 16.5. The summed E-state index contributed by atoms with van der Waals surface area (Å²) in [5.74, 6) is -0.141. The van der Waals surface area contributed by atoms with Gasteiger partial charge in [0.15, 0.2) is 0 Å². The normalized spacial score (nSPS) is 11.5. The van der Waals surface area contributed by atoms with Gasteiger partial charge in [0, 0.05) is 5.57 Å². The fourth-order valence-electron chi connectivity index (χ4n) is 1.02. The molecule has 0 saturated carbocycles. The lowest BCUT2D eigenvalue weighted by molar-refractivity contribution is -0.139. The maximum absolute atomic E-state index is 11.3. The number of ether oxygens (including phenoxy) is 1. The number of carbonyl (C=O) groups excluding carboxylic acids is 1. The van der Waals surface area contributed by atoms with E-state index in [0.717, 1.165) is 31.3 Å². The van der Waals surface area contributed by atoms with Crippen LogP contribution in [0.1, 0.15) is 46.5 Å². The minimum Gasteiger partial charge on any atom is -0.462 e. The second-order valence-corrected chi connectivity index (χ2v) is 2.98. The Labute approximate surface area is 81.0 Å². The van der Waals surface area contributed by atoms with Crippen molar-refractivity contribution in [2.45, 2.75) is 46.5 Å². The summed E-state index contributed by atoms with van der Waals surface area (Å²) in [6, 6.07) is 0. The van der Waals surface area contributed by atoms with E-state index in [-0.39, 0.29) is 5.97 Å². The number of rotatable bonds is 6. The van der Waals surface area contributed by atoms with Gasteiger partial charge in [-0.3, -0.25) is 0 Å². The van der Waals surface area contributed by atoms with Crippen molar-refractivity contribution in [2.75, 3.05) is 6.61 Å². The first-order valence-corrected chi connectivity index (χ1v) is 5.12. The van der Waals surface area contributed by atoms with E-state index >= 15 is 0 Å². The third kappa shape index (κ3) is 5.45. The highest BCUT2D eigenvalue weighted by Crippen LogP contribution is 2.05. The van der Waals surface area contributed by atoms with Crippen LogP contribution in [0.3, 0.4) is 0 Å². The molecule has 76 valence electrons. The summed E-state index contributed by atoms with van der Waals surface area (Å²) in [6.07, 6.45) is 5.61. The predicted molar refractivity (Wildman–Crippen MR) is 54.5 cm³/mol. The minimum atomic E-state index is -0.141. The average molecular weight is 184 g/mol. The van der Waals surface area contributed by atoms with Gasteiger partial charge in [0.05, 0.1) is 6.61 Å². The van der Waals surface area contributed by atoms with Crippen LogP contribution in [0.5, 0.6) is 0 Å². The topological polar surface area (TPSA) is 26.3 Å². The molecule has 0 spiro atoms. The molecule has 0 aromatic heterocycles. The van der Waals surface area contributed by atoms with Gasteiger partial charge >= 0.3 is 5.97 Å². The van der Waals surface area contributed by atoms with E-state index in [0.29, 0.717) is 6.61 Å². The fraction of sp³-hybridized carbons (Fsp3) is 0.727. The van der Waals surface area contributed by atoms with Crippen molar-refractivity contribution in [1.82, 2.24) is 0 Å². The van der Waals surface area contributed by atoms with E-state index in [1.54, 1.807) is 0 Å². The van der Waals surface area contributed by atoms with Crippen LogP contribution >= 0.6 is 0 Å². The zero-order valence-electron chi connectivity index (χ0n) is 8.93. The maximum Gasteiger partial charge on any atom is 0.333 e. The molecule has 13 heavy (non-hydrogen) atoms. The molecule has 0 aliphatic heterocycles. The van der Waals surface area contributed by atoms with Gasteiger partial charge in [-0.05, 0) is 19.3 Å². The summed E-state index contributed by atoms with van der Waals surface area (Å²) in [7, 11) is 0. The van der Waals surface area contributed by atoms with Crippen molar-refractivity contribution in [3.63, 3.8) is 0 Å². The van der Waals surface area contributed by atoms with E-state index in [1.165, 1.54) is 0 Å². The Kier molecular flexibility index (Phi) is 7.36. The molecular formula is C11H20O2. The molecule has 0 fully saturated rings. The molecule has 0 N–H and O–H groups in total. The van der Waals surface area contributed by atoms with Crippen LogP contribution < -0.4 is 0 Å². The predicted octanol–water partition coefficient (Wildman–Crippen LogP) is 3.08. The molecule has 0 saturated heterocycles. The monoisotopic (exact) mass is 184 g/mol.